The number of oxazole rings is 1. The summed E-state index contributed by atoms with van der Waals surface area (Å²) in [5.41, 5.74) is 8.21. The molecule has 3 rings (SSSR count). The first-order chi connectivity index (χ1) is 9.13. The SMILES string of the molecule is Nc1cccc2oc(Nc3ccc(F)cc3Br)nc12. The third-order valence-electron chi connectivity index (χ3n) is 2.62. The van der Waals surface area contributed by atoms with Crippen LogP contribution in [0.1, 0.15) is 0 Å². The molecule has 3 N–H and O–H groups in total. The molecule has 19 heavy (non-hydrogen) atoms. The fourth-order valence-corrected chi connectivity index (χ4v) is 2.18. The van der Waals surface area contributed by atoms with Gasteiger partial charge in [0.15, 0.2) is 5.58 Å². The van der Waals surface area contributed by atoms with Crippen molar-refractivity contribution < 1.29 is 8.81 Å². The molecule has 0 saturated heterocycles. The number of nitrogens with zero attached hydrogens (tertiary/aromatic N) is 1. The third-order valence-corrected chi connectivity index (χ3v) is 3.28. The Kier molecular flexibility index (Phi) is 2.87. The summed E-state index contributed by atoms with van der Waals surface area (Å²) in [4.78, 5) is 4.25. The lowest BCUT2D eigenvalue weighted by atomic mass is 10.3. The number of para-hydroxylation sites is 1. The predicted molar refractivity (Wildman–Crippen MR) is 75.8 cm³/mol. The molecule has 96 valence electrons. The van der Waals surface area contributed by atoms with E-state index in [1.807, 2.05) is 0 Å². The molecule has 0 spiro atoms. The molecule has 0 atom stereocenters. The van der Waals surface area contributed by atoms with E-state index in [0.717, 1.165) is 0 Å². The summed E-state index contributed by atoms with van der Waals surface area (Å²) in [6, 6.07) is 9.94. The van der Waals surface area contributed by atoms with E-state index in [9.17, 15) is 4.39 Å². The molecule has 0 bridgehead atoms. The van der Waals surface area contributed by atoms with E-state index in [4.69, 9.17) is 10.2 Å². The molecule has 1 heterocycles. The van der Waals surface area contributed by atoms with Crippen LogP contribution in [-0.4, -0.2) is 4.98 Å². The fraction of sp³-hybridized carbons (Fsp3) is 0. The second-order valence-electron chi connectivity index (χ2n) is 3.96. The zero-order valence-electron chi connectivity index (χ0n) is 9.65. The van der Waals surface area contributed by atoms with E-state index >= 15 is 0 Å². The van der Waals surface area contributed by atoms with Gasteiger partial charge < -0.3 is 15.5 Å². The molecule has 0 amide bonds. The van der Waals surface area contributed by atoms with Gasteiger partial charge in [-0.2, -0.15) is 4.98 Å². The van der Waals surface area contributed by atoms with E-state index in [1.54, 1.807) is 24.3 Å². The van der Waals surface area contributed by atoms with Crippen molar-refractivity contribution in [3.8, 4) is 0 Å². The highest BCUT2D eigenvalue weighted by Crippen LogP contribution is 2.29. The first-order valence-electron chi connectivity index (χ1n) is 5.50. The summed E-state index contributed by atoms with van der Waals surface area (Å²) in [7, 11) is 0. The lowest BCUT2D eigenvalue weighted by Crippen LogP contribution is -1.92. The van der Waals surface area contributed by atoms with Gasteiger partial charge in [-0.05, 0) is 46.3 Å². The number of anilines is 3. The van der Waals surface area contributed by atoms with E-state index in [2.05, 4.69) is 26.2 Å². The number of aromatic nitrogens is 1. The molecule has 0 aliphatic rings. The second kappa shape index (κ2) is 4.55. The van der Waals surface area contributed by atoms with Gasteiger partial charge in [-0.3, -0.25) is 0 Å². The molecule has 0 radical (unpaired) electrons. The van der Waals surface area contributed by atoms with E-state index < -0.39 is 0 Å². The van der Waals surface area contributed by atoms with Gasteiger partial charge in [0.2, 0.25) is 0 Å². The number of rotatable bonds is 2. The summed E-state index contributed by atoms with van der Waals surface area (Å²) < 4.78 is 19.1. The Morgan fingerprint density at radius 2 is 2.11 bits per heavy atom. The normalized spacial score (nSPS) is 10.8. The summed E-state index contributed by atoms with van der Waals surface area (Å²) in [5.74, 6) is -0.320. The van der Waals surface area contributed by atoms with Crippen molar-refractivity contribution in [2.24, 2.45) is 0 Å². The molecule has 4 nitrogen and oxygen atoms in total. The summed E-state index contributed by atoms with van der Waals surface area (Å²) >= 11 is 3.27. The summed E-state index contributed by atoms with van der Waals surface area (Å²) in [6.07, 6.45) is 0. The fourth-order valence-electron chi connectivity index (χ4n) is 1.73. The van der Waals surface area contributed by atoms with Crippen LogP contribution in [0.5, 0.6) is 0 Å². The van der Waals surface area contributed by atoms with Crippen LogP contribution in [0.15, 0.2) is 45.3 Å². The Morgan fingerprint density at radius 1 is 1.26 bits per heavy atom. The van der Waals surface area contributed by atoms with Crippen LogP contribution in [0, 0.1) is 5.82 Å². The largest absolute Gasteiger partial charge is 0.423 e. The second-order valence-corrected chi connectivity index (χ2v) is 4.82. The van der Waals surface area contributed by atoms with Gasteiger partial charge in [0, 0.05) is 4.47 Å². The number of fused-ring (bicyclic) bond motifs is 1. The predicted octanol–water partition coefficient (Wildman–Crippen LogP) is 4.06. The molecule has 0 saturated carbocycles. The van der Waals surface area contributed by atoms with Gasteiger partial charge in [0.25, 0.3) is 6.01 Å². The number of benzene rings is 2. The first-order valence-corrected chi connectivity index (χ1v) is 6.30. The molecular weight excluding hydrogens is 313 g/mol. The van der Waals surface area contributed by atoms with Crippen molar-refractivity contribution in [3.05, 3.63) is 46.7 Å². The van der Waals surface area contributed by atoms with Crippen molar-refractivity contribution in [3.63, 3.8) is 0 Å². The first kappa shape index (κ1) is 12.0. The average molecular weight is 322 g/mol. The minimum atomic E-state index is -0.320. The number of nitrogens with two attached hydrogens (primary N) is 1. The highest BCUT2D eigenvalue weighted by molar-refractivity contribution is 9.10. The van der Waals surface area contributed by atoms with Gasteiger partial charge in [0.05, 0.1) is 11.4 Å². The van der Waals surface area contributed by atoms with Crippen molar-refractivity contribution in [2.45, 2.75) is 0 Å². The number of nitrogens with one attached hydrogen (secondary N) is 1. The summed E-state index contributed by atoms with van der Waals surface area (Å²) in [5, 5.41) is 2.97. The van der Waals surface area contributed by atoms with Crippen LogP contribution in [0.25, 0.3) is 11.1 Å². The van der Waals surface area contributed by atoms with Crippen LogP contribution >= 0.6 is 15.9 Å². The smallest absolute Gasteiger partial charge is 0.300 e. The van der Waals surface area contributed by atoms with Crippen molar-refractivity contribution >= 4 is 44.4 Å². The molecule has 0 aliphatic carbocycles. The number of hydrogen-bond donors (Lipinski definition) is 2. The van der Waals surface area contributed by atoms with Crippen LogP contribution in [0.4, 0.5) is 21.8 Å². The van der Waals surface area contributed by atoms with E-state index in [-0.39, 0.29) is 5.82 Å². The molecule has 2 aromatic carbocycles. The maximum absolute atomic E-state index is 13.0. The maximum Gasteiger partial charge on any atom is 0.300 e. The number of halogens is 2. The van der Waals surface area contributed by atoms with Crippen LogP contribution < -0.4 is 11.1 Å². The van der Waals surface area contributed by atoms with Crippen molar-refractivity contribution in [2.75, 3.05) is 11.1 Å². The molecule has 3 aromatic rings. The molecule has 0 unspecified atom stereocenters. The van der Waals surface area contributed by atoms with Crippen molar-refractivity contribution in [1.29, 1.82) is 0 Å². The zero-order chi connectivity index (χ0) is 13.4. The Bertz CT molecular complexity index is 757. The Hall–Kier alpha value is -2.08. The van der Waals surface area contributed by atoms with Gasteiger partial charge >= 0.3 is 0 Å². The van der Waals surface area contributed by atoms with E-state index in [1.165, 1.54) is 12.1 Å². The molecule has 0 aliphatic heterocycles. The minimum Gasteiger partial charge on any atom is -0.423 e. The monoisotopic (exact) mass is 321 g/mol. The number of nitrogen functional groups attached to an aromatic ring is 1. The van der Waals surface area contributed by atoms with Gasteiger partial charge in [-0.25, -0.2) is 4.39 Å². The average Bonchev–Trinajstić information content (AvgIpc) is 2.77. The number of hydrogen-bond acceptors (Lipinski definition) is 4. The maximum atomic E-state index is 13.0. The van der Waals surface area contributed by atoms with E-state index in [0.29, 0.717) is 33.0 Å². The lowest BCUT2D eigenvalue weighted by molar-refractivity contribution is 0.620. The Labute approximate surface area is 116 Å². The van der Waals surface area contributed by atoms with Gasteiger partial charge in [-0.15, -0.1) is 0 Å². The molecule has 1 aromatic heterocycles. The lowest BCUT2D eigenvalue weighted by Gasteiger charge is -2.03. The van der Waals surface area contributed by atoms with Crippen molar-refractivity contribution in [1.82, 2.24) is 4.98 Å². The summed E-state index contributed by atoms with van der Waals surface area (Å²) in [6.45, 7) is 0. The van der Waals surface area contributed by atoms with Crippen LogP contribution in [0.3, 0.4) is 0 Å². The quantitative estimate of drug-likeness (QED) is 0.699. The Balaban J connectivity index is 1.99. The topological polar surface area (TPSA) is 64.1 Å². The van der Waals surface area contributed by atoms with Crippen LogP contribution in [0.2, 0.25) is 0 Å². The van der Waals surface area contributed by atoms with Crippen LogP contribution in [-0.2, 0) is 0 Å². The Morgan fingerprint density at radius 3 is 2.84 bits per heavy atom. The minimum absolute atomic E-state index is 0.306. The highest BCUT2D eigenvalue weighted by atomic mass is 79.9. The standard InChI is InChI=1S/C13H9BrFN3O/c14-8-6-7(15)4-5-10(8)17-13-18-12-9(16)2-1-3-11(12)19-13/h1-6H,16H2,(H,17,18). The highest BCUT2D eigenvalue weighted by Gasteiger charge is 2.09. The van der Waals surface area contributed by atoms with Gasteiger partial charge in [0.1, 0.15) is 11.3 Å². The molecule has 6 heteroatoms. The molecule has 0 fully saturated rings. The molecular formula is C13H9BrFN3O. The zero-order valence-corrected chi connectivity index (χ0v) is 11.2. The van der Waals surface area contributed by atoms with Gasteiger partial charge in [-0.1, -0.05) is 6.07 Å². The third kappa shape index (κ3) is 2.26.